The molecule has 0 spiro atoms. The number of aliphatic hydroxyl groups excluding tert-OH is 2. The summed E-state index contributed by atoms with van der Waals surface area (Å²) in [6.07, 6.45) is 0. The molecular weight excluding hydrogens is 400 g/mol. The number of benzene rings is 1. The Morgan fingerprint density at radius 3 is 2.69 bits per heavy atom. The molecule has 2 N–H and O–H groups in total. The third-order valence-electron chi connectivity index (χ3n) is 4.40. The van der Waals surface area contributed by atoms with Crippen LogP contribution in [0.5, 0.6) is 0 Å². The zero-order chi connectivity index (χ0) is 21.0. The molecule has 0 bridgehead atoms. The van der Waals surface area contributed by atoms with Crippen LogP contribution >= 0.6 is 11.3 Å². The Bertz CT molecular complexity index is 955. The second kappa shape index (κ2) is 8.95. The van der Waals surface area contributed by atoms with Gasteiger partial charge in [0, 0.05) is 29.1 Å². The predicted molar refractivity (Wildman–Crippen MR) is 104 cm³/mol. The first kappa shape index (κ1) is 20.6. The van der Waals surface area contributed by atoms with Gasteiger partial charge in [-0.15, -0.1) is 11.3 Å². The fourth-order valence-corrected chi connectivity index (χ4v) is 3.95. The van der Waals surface area contributed by atoms with Gasteiger partial charge >= 0.3 is 0 Å². The third-order valence-corrected chi connectivity index (χ3v) is 5.32. The van der Waals surface area contributed by atoms with Crippen molar-refractivity contribution in [3.05, 3.63) is 67.9 Å². The molecule has 9 nitrogen and oxygen atoms in total. The van der Waals surface area contributed by atoms with Gasteiger partial charge in [0.2, 0.25) is 0 Å². The molecule has 1 amide bonds. The predicted octanol–water partition coefficient (Wildman–Crippen LogP) is 2.09. The summed E-state index contributed by atoms with van der Waals surface area (Å²) in [5, 5.41) is 32.4. The first-order valence-electron chi connectivity index (χ1n) is 8.71. The molecule has 2 aromatic rings. The van der Waals surface area contributed by atoms with Gasteiger partial charge < -0.3 is 19.8 Å². The summed E-state index contributed by atoms with van der Waals surface area (Å²) in [5.74, 6) is -2.12. The Morgan fingerprint density at radius 1 is 1.24 bits per heavy atom. The lowest BCUT2D eigenvalue weighted by atomic mass is 9.99. The SMILES string of the molecule is O=C1C(=O)N(CCOCCO)C(c2cccs2)C1=C(O)c1cccc([N+](=O)[O-])c1. The number of nitro benzene ring substituents is 1. The Labute approximate surface area is 169 Å². The smallest absolute Gasteiger partial charge is 0.295 e. The average Bonchev–Trinajstić information content (AvgIpc) is 3.33. The monoisotopic (exact) mass is 418 g/mol. The first-order valence-corrected chi connectivity index (χ1v) is 9.59. The summed E-state index contributed by atoms with van der Waals surface area (Å²) in [6, 6.07) is 7.92. The summed E-state index contributed by atoms with van der Waals surface area (Å²) in [4.78, 5) is 37.7. The molecular formula is C19H18N2O7S. The first-order chi connectivity index (χ1) is 14.0. The zero-order valence-corrected chi connectivity index (χ0v) is 16.0. The molecule has 1 aromatic heterocycles. The number of carbonyl (C=O) groups is 2. The van der Waals surface area contributed by atoms with Gasteiger partial charge in [-0.3, -0.25) is 19.7 Å². The Balaban J connectivity index is 2.04. The number of aliphatic hydroxyl groups is 2. The number of non-ortho nitro benzene ring substituents is 1. The number of carbonyl (C=O) groups excluding carboxylic acids is 2. The molecule has 29 heavy (non-hydrogen) atoms. The second-order valence-corrected chi connectivity index (χ2v) is 7.13. The minimum Gasteiger partial charge on any atom is -0.507 e. The van der Waals surface area contributed by atoms with E-state index < -0.39 is 28.4 Å². The fraction of sp³-hybridized carbons (Fsp3) is 0.263. The van der Waals surface area contributed by atoms with Crippen LogP contribution in [0.4, 0.5) is 5.69 Å². The molecule has 1 aliphatic rings. The molecule has 1 aliphatic heterocycles. The van der Waals surface area contributed by atoms with E-state index in [1.807, 2.05) is 0 Å². The number of likely N-dealkylation sites (tertiary alicyclic amines) is 1. The van der Waals surface area contributed by atoms with Crippen molar-refractivity contribution in [2.24, 2.45) is 0 Å². The van der Waals surface area contributed by atoms with Crippen molar-refractivity contribution in [1.82, 2.24) is 4.90 Å². The third kappa shape index (κ3) is 4.19. The average molecular weight is 418 g/mol. The molecule has 0 aliphatic carbocycles. The maximum absolute atomic E-state index is 12.7. The van der Waals surface area contributed by atoms with Crippen LogP contribution in [0, 0.1) is 10.1 Å². The lowest BCUT2D eigenvalue weighted by Crippen LogP contribution is -2.32. The summed E-state index contributed by atoms with van der Waals surface area (Å²) in [7, 11) is 0. The fourth-order valence-electron chi connectivity index (χ4n) is 3.11. The van der Waals surface area contributed by atoms with Crippen molar-refractivity contribution in [2.45, 2.75) is 6.04 Å². The molecule has 10 heteroatoms. The number of nitrogens with zero attached hydrogens (tertiary/aromatic N) is 2. The number of ketones is 1. The van der Waals surface area contributed by atoms with Crippen LogP contribution < -0.4 is 0 Å². The van der Waals surface area contributed by atoms with E-state index in [0.29, 0.717) is 4.88 Å². The minimum absolute atomic E-state index is 0.0790. The summed E-state index contributed by atoms with van der Waals surface area (Å²) >= 11 is 1.32. The molecule has 0 radical (unpaired) electrons. The second-order valence-electron chi connectivity index (χ2n) is 6.15. The van der Waals surface area contributed by atoms with Gasteiger partial charge in [-0.2, -0.15) is 0 Å². The van der Waals surface area contributed by atoms with Crippen molar-refractivity contribution in [3.8, 4) is 0 Å². The van der Waals surface area contributed by atoms with Gasteiger partial charge in [-0.25, -0.2) is 0 Å². The van der Waals surface area contributed by atoms with E-state index in [1.54, 1.807) is 17.5 Å². The Hall–Kier alpha value is -3.08. The molecule has 152 valence electrons. The minimum atomic E-state index is -0.866. The highest BCUT2D eigenvalue weighted by Crippen LogP contribution is 2.41. The van der Waals surface area contributed by atoms with Gasteiger partial charge in [0.25, 0.3) is 17.4 Å². The Kier molecular flexibility index (Phi) is 6.37. The van der Waals surface area contributed by atoms with E-state index in [2.05, 4.69) is 0 Å². The van der Waals surface area contributed by atoms with Crippen LogP contribution in [0.2, 0.25) is 0 Å². The largest absolute Gasteiger partial charge is 0.507 e. The van der Waals surface area contributed by atoms with Crippen LogP contribution in [-0.4, -0.2) is 58.1 Å². The topological polar surface area (TPSA) is 130 Å². The quantitative estimate of drug-likeness (QED) is 0.168. The summed E-state index contributed by atoms with van der Waals surface area (Å²) in [5.41, 5.74) is -0.288. The van der Waals surface area contributed by atoms with Crippen LogP contribution in [0.3, 0.4) is 0 Å². The van der Waals surface area contributed by atoms with Crippen molar-refractivity contribution in [3.63, 3.8) is 0 Å². The van der Waals surface area contributed by atoms with Crippen molar-refractivity contribution in [2.75, 3.05) is 26.4 Å². The van der Waals surface area contributed by atoms with Crippen LogP contribution in [0.15, 0.2) is 47.4 Å². The van der Waals surface area contributed by atoms with E-state index in [1.165, 1.54) is 34.4 Å². The number of nitro groups is 1. The molecule has 1 atom stereocenters. The van der Waals surface area contributed by atoms with Crippen molar-refractivity contribution in [1.29, 1.82) is 0 Å². The molecule has 0 saturated carbocycles. The molecule has 2 heterocycles. The number of rotatable bonds is 8. The van der Waals surface area contributed by atoms with E-state index in [0.717, 1.165) is 6.07 Å². The highest BCUT2D eigenvalue weighted by Gasteiger charge is 2.46. The van der Waals surface area contributed by atoms with Gasteiger partial charge in [-0.05, 0) is 11.4 Å². The van der Waals surface area contributed by atoms with Crippen LogP contribution in [0.1, 0.15) is 16.5 Å². The number of thiophene rings is 1. The standard InChI is InChI=1S/C19H18N2O7S/c22-7-9-28-8-6-20-16(14-5-2-10-29-14)15(18(24)19(20)25)17(23)12-3-1-4-13(11-12)21(26)27/h1-5,10-11,16,22-23H,6-9H2. The highest BCUT2D eigenvalue weighted by molar-refractivity contribution is 7.10. The van der Waals surface area contributed by atoms with Gasteiger partial charge in [0.05, 0.1) is 36.4 Å². The number of amides is 1. The number of Topliss-reactive ketones (excluding diaryl/α,β-unsaturated/α-hetero) is 1. The lowest BCUT2D eigenvalue weighted by Gasteiger charge is -2.23. The number of hydrogen-bond donors (Lipinski definition) is 2. The summed E-state index contributed by atoms with van der Waals surface area (Å²) < 4.78 is 5.21. The molecule has 1 saturated heterocycles. The van der Waals surface area contributed by atoms with E-state index in [4.69, 9.17) is 9.84 Å². The summed E-state index contributed by atoms with van der Waals surface area (Å²) in [6.45, 7) is 0.117. The van der Waals surface area contributed by atoms with E-state index in [9.17, 15) is 24.8 Å². The van der Waals surface area contributed by atoms with Crippen LogP contribution in [-0.2, 0) is 14.3 Å². The van der Waals surface area contributed by atoms with Crippen molar-refractivity contribution >= 4 is 34.5 Å². The highest BCUT2D eigenvalue weighted by atomic mass is 32.1. The molecule has 3 rings (SSSR count). The maximum atomic E-state index is 12.7. The Morgan fingerprint density at radius 2 is 2.03 bits per heavy atom. The van der Waals surface area contributed by atoms with Crippen molar-refractivity contribution < 1.29 is 29.5 Å². The number of hydrogen-bond acceptors (Lipinski definition) is 8. The molecule has 1 fully saturated rings. The molecule has 1 unspecified atom stereocenters. The van der Waals surface area contributed by atoms with Crippen LogP contribution in [0.25, 0.3) is 5.76 Å². The van der Waals surface area contributed by atoms with E-state index in [-0.39, 0.29) is 43.2 Å². The van der Waals surface area contributed by atoms with Gasteiger partial charge in [0.15, 0.2) is 0 Å². The maximum Gasteiger partial charge on any atom is 0.295 e. The normalized spacial score (nSPS) is 18.4. The van der Waals surface area contributed by atoms with Gasteiger partial charge in [-0.1, -0.05) is 18.2 Å². The van der Waals surface area contributed by atoms with Gasteiger partial charge in [0.1, 0.15) is 5.76 Å². The number of ether oxygens (including phenoxy) is 1. The lowest BCUT2D eigenvalue weighted by molar-refractivity contribution is -0.384. The van der Waals surface area contributed by atoms with E-state index >= 15 is 0 Å². The zero-order valence-electron chi connectivity index (χ0n) is 15.2. The molecule has 1 aromatic carbocycles.